The molecule has 12 heteroatoms. The van der Waals surface area contributed by atoms with Gasteiger partial charge in [0.25, 0.3) is 5.91 Å². The third-order valence-electron chi connectivity index (χ3n) is 10.2. The Morgan fingerprint density at radius 1 is 1.19 bits per heavy atom. The van der Waals surface area contributed by atoms with Crippen molar-refractivity contribution in [1.29, 1.82) is 0 Å². The second-order valence-corrected chi connectivity index (χ2v) is 15.7. The van der Waals surface area contributed by atoms with Gasteiger partial charge in [-0.2, -0.15) is 10.6 Å². The molecule has 3 aromatic rings. The highest BCUT2D eigenvalue weighted by Crippen LogP contribution is 2.41. The van der Waals surface area contributed by atoms with Crippen LogP contribution in [0.15, 0.2) is 72.3 Å². The van der Waals surface area contributed by atoms with Gasteiger partial charge in [-0.15, -0.1) is 18.3 Å². The first kappa shape index (κ1) is 39.3. The zero-order valence-electron chi connectivity index (χ0n) is 30.3. The summed E-state index contributed by atoms with van der Waals surface area (Å²) in [4.78, 5) is 28.1. The monoisotopic (exact) mass is 749 g/mol. The number of halogens is 1. The van der Waals surface area contributed by atoms with Crippen LogP contribution in [0.25, 0.3) is 0 Å². The van der Waals surface area contributed by atoms with Crippen molar-refractivity contribution in [3.05, 3.63) is 95.2 Å². The van der Waals surface area contributed by atoms with Crippen LogP contribution in [0.3, 0.4) is 0 Å². The molecular formula is C40H50ClN4O6S-. The second kappa shape index (κ2) is 18.2. The average Bonchev–Trinajstić information content (AvgIpc) is 3.47. The second-order valence-electron chi connectivity index (χ2n) is 13.9. The Balaban J connectivity index is 1.44. The maximum Gasteiger partial charge on any atom is 0.254 e. The van der Waals surface area contributed by atoms with Crippen LogP contribution in [-0.2, 0) is 34.8 Å². The van der Waals surface area contributed by atoms with Crippen molar-refractivity contribution in [3.63, 3.8) is 0 Å². The number of carbonyl (C=O) groups excluding carboxylic acids is 2. The highest BCUT2D eigenvalue weighted by molar-refractivity contribution is 7.75. The van der Waals surface area contributed by atoms with Crippen LogP contribution in [0, 0.1) is 17.8 Å². The number of aryl methyl sites for hydroxylation is 2. The summed E-state index contributed by atoms with van der Waals surface area (Å²) in [6, 6.07) is 11.3. The normalized spacial score (nSPS) is 19.8. The quantitative estimate of drug-likeness (QED) is 0.100. The number of aliphatic hydroxyl groups excluding tert-OH is 1. The summed E-state index contributed by atoms with van der Waals surface area (Å²) in [5.41, 5.74) is 3.74. The third kappa shape index (κ3) is 9.73. The van der Waals surface area contributed by atoms with E-state index in [-0.39, 0.29) is 36.0 Å². The van der Waals surface area contributed by atoms with E-state index in [1.54, 1.807) is 43.6 Å². The van der Waals surface area contributed by atoms with Gasteiger partial charge in [-0.3, -0.25) is 14.3 Å². The summed E-state index contributed by atoms with van der Waals surface area (Å²) in [5.74, 6) is 0.317. The summed E-state index contributed by atoms with van der Waals surface area (Å²) in [7, 11) is -0.187. The average molecular weight is 750 g/mol. The number of hydrogen-bond donors (Lipinski definition) is 1. The van der Waals surface area contributed by atoms with E-state index >= 15 is 0 Å². The predicted molar refractivity (Wildman–Crippen MR) is 206 cm³/mol. The number of aromatic nitrogens is 2. The van der Waals surface area contributed by atoms with Crippen molar-refractivity contribution in [2.24, 2.45) is 29.2 Å². The number of aliphatic hydroxyl groups is 1. The number of allylic oxidation sites excluding steroid dienone is 1. The zero-order valence-corrected chi connectivity index (χ0v) is 31.9. The van der Waals surface area contributed by atoms with Gasteiger partial charge in [0.2, 0.25) is 5.88 Å². The molecule has 1 N–H and O–H groups in total. The summed E-state index contributed by atoms with van der Waals surface area (Å²) in [6.45, 7) is 12.9. The Kier molecular flexibility index (Phi) is 13.8. The number of nitrogens with zero attached hydrogens (tertiary/aromatic N) is 4. The van der Waals surface area contributed by atoms with E-state index < -0.39 is 27.9 Å². The molecule has 2 aliphatic rings. The number of ether oxygens (including phenoxy) is 2. The maximum absolute atomic E-state index is 13.8. The van der Waals surface area contributed by atoms with Gasteiger partial charge in [-0.25, -0.2) is 0 Å². The molecule has 280 valence electrons. The molecule has 0 radical (unpaired) electrons. The minimum atomic E-state index is -1.89. The van der Waals surface area contributed by atoms with Crippen LogP contribution in [-0.4, -0.2) is 57.7 Å². The van der Waals surface area contributed by atoms with Crippen molar-refractivity contribution in [2.75, 3.05) is 24.7 Å². The van der Waals surface area contributed by atoms with Gasteiger partial charge in [0, 0.05) is 36.9 Å². The number of carbonyl (C=O) groups is 2. The predicted octanol–water partition coefficient (Wildman–Crippen LogP) is 7.91. The molecular weight excluding hydrogens is 700 g/mol. The molecule has 1 amide bonds. The van der Waals surface area contributed by atoms with E-state index in [2.05, 4.69) is 33.6 Å². The first-order chi connectivity index (χ1) is 25.0. The highest BCUT2D eigenvalue weighted by atomic mass is 35.5. The number of benzene rings is 2. The largest absolute Gasteiger partial charge is 0.491 e. The molecule has 52 heavy (non-hydrogen) atoms. The fourth-order valence-electron chi connectivity index (χ4n) is 7.07. The number of anilines is 1. The number of amides is 1. The van der Waals surface area contributed by atoms with Crippen molar-refractivity contribution >= 4 is 39.6 Å². The minimum absolute atomic E-state index is 0.0946. The van der Waals surface area contributed by atoms with Crippen molar-refractivity contribution < 1.29 is 28.4 Å². The topological polar surface area (TPSA) is 123 Å². The Hall–Kier alpha value is -3.93. The van der Waals surface area contributed by atoms with Crippen LogP contribution in [0.5, 0.6) is 11.6 Å². The highest BCUT2D eigenvalue weighted by Gasteiger charge is 2.36. The van der Waals surface area contributed by atoms with Crippen LogP contribution >= 0.6 is 11.6 Å². The van der Waals surface area contributed by atoms with E-state index in [4.69, 9.17) is 21.1 Å². The van der Waals surface area contributed by atoms with E-state index in [0.29, 0.717) is 54.4 Å². The van der Waals surface area contributed by atoms with E-state index in [1.807, 2.05) is 19.1 Å². The lowest BCUT2D eigenvalue weighted by atomic mass is 9.70. The molecule has 5 atom stereocenters. The number of hydrogen-bond acceptors (Lipinski definition) is 9. The van der Waals surface area contributed by atoms with Gasteiger partial charge in [-0.1, -0.05) is 47.9 Å². The molecule has 0 saturated heterocycles. The van der Waals surface area contributed by atoms with Gasteiger partial charge in [0.05, 0.1) is 30.6 Å². The van der Waals surface area contributed by atoms with Crippen LogP contribution in [0.1, 0.15) is 84.2 Å². The molecule has 0 bridgehead atoms. The third-order valence-corrected chi connectivity index (χ3v) is 12.0. The number of Topliss-reactive ketones (excluding diaryl/α,β-unsaturated/α-hetero) is 1. The SMILES string of the molecule is C=CC[C@H](C)[C@@H](CCOc1nn(C)cc1C(C)=O)[S-](=O)=NC(=O)c1ccc2c(c1)N(C[C@@H]1CC[C@H]1[C@@H](O)C=C)Cc1ccc(Cl)cc1CCCCO2. The van der Waals surface area contributed by atoms with E-state index in [9.17, 15) is 18.9 Å². The number of rotatable bonds is 14. The van der Waals surface area contributed by atoms with Gasteiger partial charge >= 0.3 is 0 Å². The molecule has 1 aromatic heterocycles. The molecule has 5 rings (SSSR count). The Morgan fingerprint density at radius 2 is 2.00 bits per heavy atom. The summed E-state index contributed by atoms with van der Waals surface area (Å²) in [6.07, 6.45) is 9.81. The van der Waals surface area contributed by atoms with Crippen molar-refractivity contribution in [3.8, 4) is 11.6 Å². The molecule has 1 aliphatic heterocycles. The van der Waals surface area contributed by atoms with Crippen molar-refractivity contribution in [1.82, 2.24) is 9.78 Å². The Bertz CT molecular complexity index is 1850. The molecule has 2 heterocycles. The molecule has 1 aliphatic carbocycles. The molecule has 0 unspecified atom stereocenters. The molecule has 0 spiro atoms. The summed E-state index contributed by atoms with van der Waals surface area (Å²) >= 11 is 6.43. The van der Waals surface area contributed by atoms with Gasteiger partial charge in [-0.05, 0) is 105 Å². The summed E-state index contributed by atoms with van der Waals surface area (Å²) in [5, 5.41) is 15.1. The standard InChI is InChI=1S/C40H50ClN4O6S/c1-6-10-26(3)38(18-20-51-40-34(27(4)46)25-44(5)42-40)52(49)43-39(48)29-14-17-37-35(22-29)45(24-31-13-16-33(31)36(47)7-2)23-30-12-15-32(41)21-28(30)11-8-9-19-50-37/h6-7,12,14-15,17,21-22,25-26,31,33,36,38,47H,1-2,8-11,13,16,18-20,23-24H2,3-5H3/q-1/t26-,31-,33+,36-,38+/m0/s1. The lowest BCUT2D eigenvalue weighted by Gasteiger charge is -2.42. The first-order valence-electron chi connectivity index (χ1n) is 18.0. The smallest absolute Gasteiger partial charge is 0.254 e. The molecule has 1 fully saturated rings. The Labute approximate surface area is 314 Å². The van der Waals surface area contributed by atoms with Crippen LogP contribution in [0.2, 0.25) is 5.02 Å². The van der Waals surface area contributed by atoms with E-state index in [1.165, 1.54) is 17.2 Å². The zero-order chi connectivity index (χ0) is 37.4. The maximum atomic E-state index is 13.8. The fourth-order valence-corrected chi connectivity index (χ4v) is 8.48. The first-order valence-corrected chi connectivity index (χ1v) is 19.6. The summed E-state index contributed by atoms with van der Waals surface area (Å²) < 4.78 is 31.7. The molecule has 2 aromatic carbocycles. The molecule has 1 saturated carbocycles. The lowest BCUT2D eigenvalue weighted by molar-refractivity contribution is 0.0464. The molecule has 10 nitrogen and oxygen atoms in total. The van der Waals surface area contributed by atoms with Crippen LogP contribution < -0.4 is 14.4 Å². The van der Waals surface area contributed by atoms with Gasteiger partial charge < -0.3 is 28.1 Å². The van der Waals surface area contributed by atoms with Crippen LogP contribution in [0.4, 0.5) is 5.69 Å². The fraction of sp³-hybridized carbons (Fsp3) is 0.475. The minimum Gasteiger partial charge on any atom is -0.491 e. The lowest BCUT2D eigenvalue weighted by Crippen LogP contribution is -2.42. The van der Waals surface area contributed by atoms with Gasteiger partial charge in [0.15, 0.2) is 5.78 Å². The Morgan fingerprint density at radius 3 is 2.71 bits per heavy atom. The van der Waals surface area contributed by atoms with Crippen molar-refractivity contribution in [2.45, 2.75) is 76.7 Å². The van der Waals surface area contributed by atoms with E-state index in [0.717, 1.165) is 43.4 Å². The number of fused-ring (bicyclic) bond motifs is 2. The number of ketones is 1. The van der Waals surface area contributed by atoms with Gasteiger partial charge in [0.1, 0.15) is 5.75 Å².